The van der Waals surface area contributed by atoms with Crippen LogP contribution in [0.4, 0.5) is 0 Å². The molecule has 0 radical (unpaired) electrons. The summed E-state index contributed by atoms with van der Waals surface area (Å²) in [7, 11) is 0. The van der Waals surface area contributed by atoms with Crippen molar-refractivity contribution in [3.8, 4) is 0 Å². The van der Waals surface area contributed by atoms with E-state index in [1.54, 1.807) is 4.68 Å². The molecule has 68 valence electrons. The lowest BCUT2D eigenvalue weighted by Crippen LogP contribution is -2.09. The maximum Gasteiger partial charge on any atom is 0.140 e. The summed E-state index contributed by atoms with van der Waals surface area (Å²) in [4.78, 5) is 0. The Morgan fingerprint density at radius 1 is 1.58 bits per heavy atom. The van der Waals surface area contributed by atoms with Crippen molar-refractivity contribution in [2.45, 2.75) is 26.7 Å². The predicted molar refractivity (Wildman–Crippen MR) is 53.8 cm³/mol. The molecule has 0 N–H and O–H groups in total. The molecule has 0 atom stereocenters. The zero-order valence-corrected chi connectivity index (χ0v) is 10.1. The molecule has 0 aliphatic carbocycles. The molecule has 0 fully saturated rings. The van der Waals surface area contributed by atoms with E-state index in [2.05, 4.69) is 37.0 Å². The van der Waals surface area contributed by atoms with Crippen molar-refractivity contribution >= 4 is 31.9 Å². The van der Waals surface area contributed by atoms with Gasteiger partial charge in [-0.25, -0.2) is 4.68 Å². The molecule has 0 aliphatic rings. The lowest BCUT2D eigenvalue weighted by atomic mass is 10.5. The van der Waals surface area contributed by atoms with Crippen LogP contribution in [0.15, 0.2) is 15.3 Å². The highest BCUT2D eigenvalue weighted by Gasteiger charge is 2.03. The lowest BCUT2D eigenvalue weighted by Gasteiger charge is -2.07. The van der Waals surface area contributed by atoms with Gasteiger partial charge in [0.15, 0.2) is 0 Å². The van der Waals surface area contributed by atoms with Crippen molar-refractivity contribution in [1.29, 1.82) is 0 Å². The Hall–Kier alpha value is 0.130. The number of rotatable bonds is 3. The van der Waals surface area contributed by atoms with E-state index in [0.29, 0.717) is 6.73 Å². The van der Waals surface area contributed by atoms with Crippen LogP contribution in [0, 0.1) is 0 Å². The van der Waals surface area contributed by atoms with Crippen LogP contribution < -0.4 is 0 Å². The summed E-state index contributed by atoms with van der Waals surface area (Å²) in [5.41, 5.74) is 0. The largest absolute Gasteiger partial charge is 0.357 e. The molecular weight excluding hydrogens is 288 g/mol. The van der Waals surface area contributed by atoms with E-state index in [1.165, 1.54) is 0 Å². The van der Waals surface area contributed by atoms with Crippen LogP contribution in [0.25, 0.3) is 0 Å². The maximum atomic E-state index is 5.37. The molecular formula is C7H10Br2N2O. The van der Waals surface area contributed by atoms with E-state index < -0.39 is 0 Å². The van der Waals surface area contributed by atoms with Gasteiger partial charge >= 0.3 is 0 Å². The third-order valence-electron chi connectivity index (χ3n) is 1.23. The minimum atomic E-state index is 0.222. The van der Waals surface area contributed by atoms with Crippen molar-refractivity contribution < 1.29 is 4.74 Å². The zero-order valence-electron chi connectivity index (χ0n) is 6.92. The van der Waals surface area contributed by atoms with Gasteiger partial charge in [-0.05, 0) is 45.7 Å². The van der Waals surface area contributed by atoms with Crippen molar-refractivity contribution in [2.24, 2.45) is 0 Å². The molecule has 0 spiro atoms. The van der Waals surface area contributed by atoms with Gasteiger partial charge in [-0.3, -0.25) is 0 Å². The maximum absolute atomic E-state index is 5.37. The first-order valence-corrected chi connectivity index (χ1v) is 5.18. The fourth-order valence-corrected chi connectivity index (χ4v) is 1.79. The van der Waals surface area contributed by atoms with E-state index in [-0.39, 0.29) is 6.10 Å². The molecule has 0 amide bonds. The molecule has 0 saturated heterocycles. The normalized spacial score (nSPS) is 11.1. The van der Waals surface area contributed by atoms with Crippen molar-refractivity contribution in [2.75, 3.05) is 0 Å². The van der Waals surface area contributed by atoms with Gasteiger partial charge in [0.05, 0.1) is 6.10 Å². The molecule has 0 unspecified atom stereocenters. The highest BCUT2D eigenvalue weighted by molar-refractivity contribution is 9.11. The van der Waals surface area contributed by atoms with Gasteiger partial charge in [-0.15, -0.1) is 0 Å². The fraction of sp³-hybridized carbons (Fsp3) is 0.571. The van der Waals surface area contributed by atoms with E-state index in [4.69, 9.17) is 4.74 Å². The first-order valence-electron chi connectivity index (χ1n) is 3.60. The van der Waals surface area contributed by atoms with Crippen LogP contribution in [0.1, 0.15) is 13.8 Å². The molecule has 0 aliphatic heterocycles. The van der Waals surface area contributed by atoms with Crippen molar-refractivity contribution in [3.63, 3.8) is 0 Å². The number of halogens is 2. The van der Waals surface area contributed by atoms with Crippen LogP contribution >= 0.6 is 31.9 Å². The van der Waals surface area contributed by atoms with Crippen molar-refractivity contribution in [1.82, 2.24) is 9.78 Å². The molecule has 0 saturated carbocycles. The minimum Gasteiger partial charge on any atom is -0.357 e. The van der Waals surface area contributed by atoms with Crippen LogP contribution in [-0.4, -0.2) is 15.9 Å². The fourth-order valence-electron chi connectivity index (χ4n) is 0.675. The summed E-state index contributed by atoms with van der Waals surface area (Å²) in [5, 5.41) is 4.14. The second-order valence-corrected chi connectivity index (χ2v) is 4.26. The van der Waals surface area contributed by atoms with Gasteiger partial charge < -0.3 is 4.74 Å². The number of hydrogen-bond donors (Lipinski definition) is 0. The third kappa shape index (κ3) is 2.88. The van der Waals surface area contributed by atoms with Gasteiger partial charge in [0.25, 0.3) is 0 Å². The van der Waals surface area contributed by atoms with E-state index in [9.17, 15) is 0 Å². The number of nitrogens with zero attached hydrogens (tertiary/aromatic N) is 2. The van der Waals surface area contributed by atoms with E-state index >= 15 is 0 Å². The van der Waals surface area contributed by atoms with E-state index in [1.807, 2.05) is 19.9 Å². The lowest BCUT2D eigenvalue weighted by molar-refractivity contribution is 0.0207. The number of aromatic nitrogens is 2. The van der Waals surface area contributed by atoms with Crippen molar-refractivity contribution in [3.05, 3.63) is 15.3 Å². The average molecular weight is 298 g/mol. The second-order valence-electron chi connectivity index (χ2n) is 2.63. The second kappa shape index (κ2) is 4.39. The van der Waals surface area contributed by atoms with Gasteiger partial charge in [-0.1, -0.05) is 0 Å². The molecule has 1 aromatic rings. The van der Waals surface area contributed by atoms with Crippen LogP contribution in [0.5, 0.6) is 0 Å². The highest BCUT2D eigenvalue weighted by atomic mass is 79.9. The summed E-state index contributed by atoms with van der Waals surface area (Å²) < 4.78 is 8.83. The highest BCUT2D eigenvalue weighted by Crippen LogP contribution is 2.16. The molecule has 1 aromatic heterocycles. The SMILES string of the molecule is CC(C)OCn1nc(Br)cc1Br. The van der Waals surface area contributed by atoms with E-state index in [0.717, 1.165) is 9.21 Å². The van der Waals surface area contributed by atoms with Crippen LogP contribution in [-0.2, 0) is 11.5 Å². The topological polar surface area (TPSA) is 27.1 Å². The molecule has 1 rings (SSSR count). The number of ether oxygens (including phenoxy) is 1. The van der Waals surface area contributed by atoms with Gasteiger partial charge in [-0.2, -0.15) is 5.10 Å². The quantitative estimate of drug-likeness (QED) is 0.858. The molecule has 1 heterocycles. The summed E-state index contributed by atoms with van der Waals surface area (Å²) >= 11 is 6.63. The summed E-state index contributed by atoms with van der Waals surface area (Å²) in [6.07, 6.45) is 0.222. The molecule has 12 heavy (non-hydrogen) atoms. The van der Waals surface area contributed by atoms with Gasteiger partial charge in [0, 0.05) is 6.07 Å². The first kappa shape index (κ1) is 10.2. The molecule has 0 aromatic carbocycles. The summed E-state index contributed by atoms with van der Waals surface area (Å²) in [6, 6.07) is 1.88. The Balaban J connectivity index is 2.57. The third-order valence-corrected chi connectivity index (χ3v) is 2.26. The van der Waals surface area contributed by atoms with Gasteiger partial charge in [0.2, 0.25) is 0 Å². The summed E-state index contributed by atoms with van der Waals surface area (Å²) in [5.74, 6) is 0. The Morgan fingerprint density at radius 2 is 2.25 bits per heavy atom. The van der Waals surface area contributed by atoms with Crippen LogP contribution in [0.3, 0.4) is 0 Å². The molecule has 3 nitrogen and oxygen atoms in total. The number of hydrogen-bond acceptors (Lipinski definition) is 2. The smallest absolute Gasteiger partial charge is 0.140 e. The van der Waals surface area contributed by atoms with Gasteiger partial charge in [0.1, 0.15) is 15.9 Å². The molecule has 0 bridgehead atoms. The minimum absolute atomic E-state index is 0.222. The Morgan fingerprint density at radius 3 is 2.67 bits per heavy atom. The Kier molecular flexibility index (Phi) is 3.74. The monoisotopic (exact) mass is 296 g/mol. The first-order chi connectivity index (χ1) is 5.59. The van der Waals surface area contributed by atoms with Crippen LogP contribution in [0.2, 0.25) is 0 Å². The average Bonchev–Trinajstić information content (AvgIpc) is 2.26. The predicted octanol–water partition coefficient (Wildman–Crippen LogP) is 2.79. The zero-order chi connectivity index (χ0) is 9.14. The Bertz CT molecular complexity index is 260. The molecule has 5 heteroatoms. The summed E-state index contributed by atoms with van der Waals surface area (Å²) in [6.45, 7) is 4.46. The Labute approximate surface area is 88.3 Å². The standard InChI is InChI=1S/C7H10Br2N2O/c1-5(2)12-4-11-7(9)3-6(8)10-11/h3,5H,4H2,1-2H3.